The van der Waals surface area contributed by atoms with E-state index in [4.69, 9.17) is 19.9 Å². The van der Waals surface area contributed by atoms with E-state index < -0.39 is 0 Å². The van der Waals surface area contributed by atoms with Gasteiger partial charge in [-0.25, -0.2) is 19.9 Å². The number of thiophene rings is 1. The number of rotatable bonds is 5. The molecule has 0 unspecified atom stereocenters. The van der Waals surface area contributed by atoms with Crippen molar-refractivity contribution in [2.24, 2.45) is 0 Å². The van der Waals surface area contributed by atoms with Gasteiger partial charge in [-0.2, -0.15) is 0 Å². The fraction of sp³-hybridized carbons (Fsp3) is 0. The monoisotopic (exact) mass is 724 g/mol. The van der Waals surface area contributed by atoms with Gasteiger partial charge in [-0.15, -0.1) is 22.7 Å². The Bertz CT molecular complexity index is 3220. The third kappa shape index (κ3) is 5.18. The molecule has 0 bridgehead atoms. The van der Waals surface area contributed by atoms with Gasteiger partial charge in [-0.1, -0.05) is 140 Å². The van der Waals surface area contributed by atoms with Crippen LogP contribution in [0.5, 0.6) is 0 Å². The van der Waals surface area contributed by atoms with E-state index in [1.807, 2.05) is 35.6 Å². The zero-order valence-corrected chi connectivity index (χ0v) is 30.4. The summed E-state index contributed by atoms with van der Waals surface area (Å²) in [6, 6.07) is 59.7. The average Bonchev–Trinajstić information content (AvgIpc) is 3.85. The standard InChI is InChI=1S/C48H28N4S2/c1-3-12-30(13-4-1)45-50-46(34-20-19-29-11-7-8-16-32(29)27-34)52-47(51-45)38-24-23-35(36-17-9-10-18-37(36)38)33-21-22-39-42(28-33)53-40-25-26-41-44(43(39)40)49-48(54-41)31-14-5-2-6-15-31/h1-28H. The van der Waals surface area contributed by atoms with Crippen molar-refractivity contribution >= 4 is 74.6 Å². The summed E-state index contributed by atoms with van der Waals surface area (Å²) >= 11 is 3.59. The highest BCUT2D eigenvalue weighted by Crippen LogP contribution is 2.44. The minimum absolute atomic E-state index is 0.650. The van der Waals surface area contributed by atoms with Gasteiger partial charge < -0.3 is 0 Å². The molecule has 11 aromatic rings. The Hall–Kier alpha value is -6.60. The highest BCUT2D eigenvalue weighted by Gasteiger charge is 2.18. The van der Waals surface area contributed by atoms with Gasteiger partial charge in [0.15, 0.2) is 17.5 Å². The van der Waals surface area contributed by atoms with E-state index in [0.29, 0.717) is 17.5 Å². The molecule has 0 aliphatic rings. The summed E-state index contributed by atoms with van der Waals surface area (Å²) in [5.41, 5.74) is 7.46. The maximum absolute atomic E-state index is 5.17. The first-order valence-corrected chi connectivity index (χ1v) is 19.5. The van der Waals surface area contributed by atoms with Crippen LogP contribution in [0.25, 0.3) is 108 Å². The van der Waals surface area contributed by atoms with Gasteiger partial charge in [0, 0.05) is 42.4 Å². The summed E-state index contributed by atoms with van der Waals surface area (Å²) < 4.78 is 3.72. The summed E-state index contributed by atoms with van der Waals surface area (Å²) in [6.07, 6.45) is 0. The predicted molar refractivity (Wildman–Crippen MR) is 228 cm³/mol. The van der Waals surface area contributed by atoms with E-state index in [0.717, 1.165) is 48.9 Å². The predicted octanol–water partition coefficient (Wildman–Crippen LogP) is 13.5. The normalized spacial score (nSPS) is 11.7. The molecular weight excluding hydrogens is 697 g/mol. The number of nitrogens with zero attached hydrogens (tertiary/aromatic N) is 4. The first-order valence-electron chi connectivity index (χ1n) is 17.9. The fourth-order valence-electron chi connectivity index (χ4n) is 7.54. The molecule has 4 nitrogen and oxygen atoms in total. The van der Waals surface area contributed by atoms with Crippen molar-refractivity contribution in [2.45, 2.75) is 0 Å². The molecule has 8 aromatic carbocycles. The van der Waals surface area contributed by atoms with Crippen LogP contribution in [0, 0.1) is 0 Å². The molecule has 0 saturated carbocycles. The maximum atomic E-state index is 5.17. The van der Waals surface area contributed by atoms with Crippen LogP contribution >= 0.6 is 22.7 Å². The minimum atomic E-state index is 0.650. The number of hydrogen-bond acceptors (Lipinski definition) is 6. The number of benzene rings is 8. The van der Waals surface area contributed by atoms with Crippen molar-refractivity contribution in [3.8, 4) is 55.9 Å². The lowest BCUT2D eigenvalue weighted by atomic mass is 9.94. The van der Waals surface area contributed by atoms with Crippen LogP contribution in [0.15, 0.2) is 170 Å². The Morgan fingerprint density at radius 3 is 1.78 bits per heavy atom. The van der Waals surface area contributed by atoms with Crippen LogP contribution < -0.4 is 0 Å². The van der Waals surface area contributed by atoms with Crippen LogP contribution in [0.1, 0.15) is 0 Å². The van der Waals surface area contributed by atoms with E-state index in [-0.39, 0.29) is 0 Å². The summed E-state index contributed by atoms with van der Waals surface area (Å²) in [4.78, 5) is 20.4. The van der Waals surface area contributed by atoms with Crippen molar-refractivity contribution in [2.75, 3.05) is 0 Å². The van der Waals surface area contributed by atoms with E-state index in [9.17, 15) is 0 Å². The first-order chi connectivity index (χ1) is 26.7. The second-order valence-corrected chi connectivity index (χ2v) is 15.5. The molecule has 0 fully saturated rings. The zero-order chi connectivity index (χ0) is 35.6. The highest BCUT2D eigenvalue weighted by atomic mass is 32.1. The molecule has 6 heteroatoms. The van der Waals surface area contributed by atoms with Crippen molar-refractivity contribution in [3.63, 3.8) is 0 Å². The van der Waals surface area contributed by atoms with Crippen molar-refractivity contribution in [3.05, 3.63) is 170 Å². The Morgan fingerprint density at radius 1 is 0.333 bits per heavy atom. The van der Waals surface area contributed by atoms with Crippen LogP contribution in [0.4, 0.5) is 0 Å². The average molecular weight is 725 g/mol. The molecular formula is C48H28N4S2. The highest BCUT2D eigenvalue weighted by molar-refractivity contribution is 7.26. The van der Waals surface area contributed by atoms with Crippen molar-refractivity contribution < 1.29 is 0 Å². The molecule has 54 heavy (non-hydrogen) atoms. The molecule has 0 aliphatic carbocycles. The van der Waals surface area contributed by atoms with E-state index in [1.165, 1.54) is 41.4 Å². The van der Waals surface area contributed by atoms with Gasteiger partial charge in [0.2, 0.25) is 0 Å². The van der Waals surface area contributed by atoms with Gasteiger partial charge in [-0.05, 0) is 63.0 Å². The maximum Gasteiger partial charge on any atom is 0.164 e. The lowest BCUT2D eigenvalue weighted by molar-refractivity contribution is 1.08. The summed E-state index contributed by atoms with van der Waals surface area (Å²) in [6.45, 7) is 0. The number of hydrogen-bond donors (Lipinski definition) is 0. The molecule has 3 aromatic heterocycles. The lowest BCUT2D eigenvalue weighted by Crippen LogP contribution is -2.00. The third-order valence-electron chi connectivity index (χ3n) is 10.2. The van der Waals surface area contributed by atoms with Crippen LogP contribution in [0.3, 0.4) is 0 Å². The molecule has 0 spiro atoms. The van der Waals surface area contributed by atoms with Gasteiger partial charge in [0.05, 0.1) is 10.2 Å². The summed E-state index contributed by atoms with van der Waals surface area (Å²) in [5.74, 6) is 1.95. The van der Waals surface area contributed by atoms with E-state index >= 15 is 0 Å². The molecule has 3 heterocycles. The van der Waals surface area contributed by atoms with E-state index in [2.05, 4.69) is 146 Å². The van der Waals surface area contributed by atoms with Crippen molar-refractivity contribution in [1.82, 2.24) is 19.9 Å². The Morgan fingerprint density at radius 2 is 0.963 bits per heavy atom. The fourth-order valence-corrected chi connectivity index (χ4v) is 9.67. The van der Waals surface area contributed by atoms with Gasteiger partial charge in [-0.3, -0.25) is 0 Å². The SMILES string of the molecule is c1ccc(-c2nc(-c3ccc4ccccc4c3)nc(-c3ccc(-c4ccc5c(c4)sc4ccc6sc(-c7ccccc7)nc6c45)c4ccccc34)n2)cc1. The van der Waals surface area contributed by atoms with Crippen LogP contribution in [-0.4, -0.2) is 19.9 Å². The quantitative estimate of drug-likeness (QED) is 0.177. The molecule has 0 N–H and O–H groups in total. The molecule has 0 aliphatic heterocycles. The van der Waals surface area contributed by atoms with Crippen LogP contribution in [-0.2, 0) is 0 Å². The van der Waals surface area contributed by atoms with Gasteiger partial charge in [0.25, 0.3) is 0 Å². The second kappa shape index (κ2) is 12.5. The largest absolute Gasteiger partial charge is 0.235 e. The number of aromatic nitrogens is 4. The topological polar surface area (TPSA) is 51.6 Å². The molecule has 252 valence electrons. The van der Waals surface area contributed by atoms with Crippen LogP contribution in [0.2, 0.25) is 0 Å². The lowest BCUT2D eigenvalue weighted by Gasteiger charge is -2.13. The summed E-state index contributed by atoms with van der Waals surface area (Å²) in [7, 11) is 0. The number of thiazole rings is 1. The third-order valence-corrected chi connectivity index (χ3v) is 12.4. The first kappa shape index (κ1) is 31.0. The van der Waals surface area contributed by atoms with Gasteiger partial charge >= 0.3 is 0 Å². The van der Waals surface area contributed by atoms with Crippen molar-refractivity contribution in [1.29, 1.82) is 0 Å². The summed E-state index contributed by atoms with van der Waals surface area (Å²) in [5, 5.41) is 8.12. The van der Waals surface area contributed by atoms with Gasteiger partial charge in [0.1, 0.15) is 5.01 Å². The zero-order valence-electron chi connectivity index (χ0n) is 28.8. The Kier molecular flexibility index (Phi) is 7.18. The minimum Gasteiger partial charge on any atom is -0.235 e. The number of fused-ring (bicyclic) bond motifs is 7. The molecule has 0 radical (unpaired) electrons. The molecule has 11 rings (SSSR count). The molecule has 0 amide bonds. The second-order valence-electron chi connectivity index (χ2n) is 13.4. The Balaban J connectivity index is 1.05. The molecule has 0 saturated heterocycles. The molecule has 0 atom stereocenters. The Labute approximate surface area is 318 Å². The smallest absolute Gasteiger partial charge is 0.164 e. The van der Waals surface area contributed by atoms with E-state index in [1.54, 1.807) is 11.3 Å².